The van der Waals surface area contributed by atoms with E-state index in [1.54, 1.807) is 0 Å². The van der Waals surface area contributed by atoms with E-state index < -0.39 is 0 Å². The molecule has 0 radical (unpaired) electrons. The Kier molecular flexibility index (Phi) is 7.59. The molecule has 144 valence electrons. The van der Waals surface area contributed by atoms with E-state index in [9.17, 15) is 0 Å². The van der Waals surface area contributed by atoms with Crippen LogP contribution in [0.3, 0.4) is 0 Å². The van der Waals surface area contributed by atoms with Crippen molar-refractivity contribution in [3.63, 3.8) is 0 Å². The smallest absolute Gasteiger partial charge is 0.0797 e. The summed E-state index contributed by atoms with van der Waals surface area (Å²) in [5, 5.41) is 11.4. The predicted molar refractivity (Wildman–Crippen MR) is 105 cm³/mol. The number of aromatic amines is 1. The van der Waals surface area contributed by atoms with Crippen LogP contribution in [-0.4, -0.2) is 53.5 Å². The fourth-order valence-electron chi connectivity index (χ4n) is 4.65. The van der Waals surface area contributed by atoms with Crippen molar-refractivity contribution in [1.82, 2.24) is 20.4 Å². The normalized spacial score (nSPS) is 25.1. The van der Waals surface area contributed by atoms with E-state index >= 15 is 0 Å². The van der Waals surface area contributed by atoms with Gasteiger partial charge in [-0.1, -0.05) is 0 Å². The van der Waals surface area contributed by atoms with Crippen molar-refractivity contribution in [2.24, 2.45) is 0 Å². The first-order valence-corrected chi connectivity index (χ1v) is 9.36. The second-order valence-electron chi connectivity index (χ2n) is 7.68. The van der Waals surface area contributed by atoms with Gasteiger partial charge in [0.25, 0.3) is 0 Å². The Bertz CT molecular complexity index is 540. The number of H-pyrrole nitrogens is 1. The first-order valence-electron chi connectivity index (χ1n) is 9.36. The summed E-state index contributed by atoms with van der Waals surface area (Å²) in [6.45, 7) is 4.09. The highest BCUT2D eigenvalue weighted by molar-refractivity contribution is 5.85. The molecule has 1 atom stereocenters. The molecule has 1 spiro atoms. The Balaban J connectivity index is 0.00000113. The van der Waals surface area contributed by atoms with Crippen LogP contribution in [-0.2, 0) is 24.1 Å². The Morgan fingerprint density at radius 2 is 1.96 bits per heavy atom. The van der Waals surface area contributed by atoms with Crippen molar-refractivity contribution in [3.8, 4) is 0 Å². The molecule has 3 aliphatic rings. The summed E-state index contributed by atoms with van der Waals surface area (Å²) in [6, 6.07) is 0.623. The molecule has 1 aromatic rings. The van der Waals surface area contributed by atoms with Crippen molar-refractivity contribution >= 4 is 24.8 Å². The lowest BCUT2D eigenvalue weighted by molar-refractivity contribution is -0.119. The lowest BCUT2D eigenvalue weighted by Gasteiger charge is -2.46. The Morgan fingerprint density at radius 3 is 2.76 bits per heavy atom. The lowest BCUT2D eigenvalue weighted by atomic mass is 9.82. The van der Waals surface area contributed by atoms with Crippen LogP contribution in [0, 0.1) is 0 Å². The fourth-order valence-corrected chi connectivity index (χ4v) is 4.65. The number of rotatable bonds is 3. The van der Waals surface area contributed by atoms with Gasteiger partial charge >= 0.3 is 0 Å². The number of hydrogen-bond acceptors (Lipinski definition) is 4. The van der Waals surface area contributed by atoms with Crippen molar-refractivity contribution in [3.05, 3.63) is 17.0 Å². The zero-order valence-electron chi connectivity index (χ0n) is 15.2. The van der Waals surface area contributed by atoms with Gasteiger partial charge in [0.1, 0.15) is 0 Å². The number of halogens is 2. The van der Waals surface area contributed by atoms with Gasteiger partial charge in [0.05, 0.1) is 11.3 Å². The number of ether oxygens (including phenoxy) is 1. The Hall–Kier alpha value is -0.330. The highest BCUT2D eigenvalue weighted by Crippen LogP contribution is 2.35. The SMILES string of the molecule is CN(Cc1n[nH]c2c1CCCC2)C1CCOC2(CCNCC2)C1.Cl.Cl. The van der Waals surface area contributed by atoms with Gasteiger partial charge in [-0.25, -0.2) is 0 Å². The third-order valence-electron chi connectivity index (χ3n) is 6.15. The molecule has 3 heterocycles. The molecule has 2 N–H and O–H groups in total. The van der Waals surface area contributed by atoms with Gasteiger partial charge in [-0.15, -0.1) is 24.8 Å². The van der Waals surface area contributed by atoms with Crippen molar-refractivity contribution < 1.29 is 4.74 Å². The van der Waals surface area contributed by atoms with Gasteiger partial charge in [0.15, 0.2) is 0 Å². The highest BCUT2D eigenvalue weighted by Gasteiger charge is 2.39. The molecule has 1 aromatic heterocycles. The largest absolute Gasteiger partial charge is 0.375 e. The van der Waals surface area contributed by atoms with Crippen LogP contribution in [0.2, 0.25) is 0 Å². The second-order valence-corrected chi connectivity index (χ2v) is 7.68. The molecule has 5 nitrogen and oxygen atoms in total. The van der Waals surface area contributed by atoms with E-state index in [-0.39, 0.29) is 30.4 Å². The number of nitrogens with zero attached hydrogens (tertiary/aromatic N) is 2. The summed E-state index contributed by atoms with van der Waals surface area (Å²) in [5.74, 6) is 0. The zero-order chi connectivity index (χ0) is 15.7. The summed E-state index contributed by atoms with van der Waals surface area (Å²) in [6.07, 6.45) is 9.66. The maximum atomic E-state index is 6.22. The van der Waals surface area contributed by atoms with Gasteiger partial charge in [0.2, 0.25) is 0 Å². The second kappa shape index (κ2) is 9.05. The van der Waals surface area contributed by atoms with Crippen molar-refractivity contribution in [2.45, 2.75) is 69.6 Å². The summed E-state index contributed by atoms with van der Waals surface area (Å²) in [5.41, 5.74) is 4.31. The van der Waals surface area contributed by atoms with E-state index in [0.717, 1.165) is 45.5 Å². The quantitative estimate of drug-likeness (QED) is 0.832. The number of hydrogen-bond donors (Lipinski definition) is 2. The van der Waals surface area contributed by atoms with Crippen LogP contribution in [0.4, 0.5) is 0 Å². The number of piperidine rings is 1. The molecule has 2 fully saturated rings. The number of aromatic nitrogens is 2. The minimum atomic E-state index is 0. The minimum Gasteiger partial charge on any atom is -0.375 e. The molecule has 2 aliphatic heterocycles. The van der Waals surface area contributed by atoms with Gasteiger partial charge in [-0.2, -0.15) is 5.10 Å². The molecule has 1 aliphatic carbocycles. The molecule has 0 bridgehead atoms. The maximum absolute atomic E-state index is 6.22. The summed E-state index contributed by atoms with van der Waals surface area (Å²) < 4.78 is 6.22. The van der Waals surface area contributed by atoms with Crippen LogP contribution >= 0.6 is 24.8 Å². The van der Waals surface area contributed by atoms with Gasteiger partial charge in [-0.05, 0) is 77.1 Å². The molecule has 7 heteroatoms. The third kappa shape index (κ3) is 4.51. The molecular weight excluding hydrogens is 359 g/mol. The summed E-state index contributed by atoms with van der Waals surface area (Å²) in [7, 11) is 2.27. The standard InChI is InChI=1S/C18H30N4O.2ClH/c1-22(13-17-15-4-2-3-5-16(15)20-21-17)14-6-11-23-18(12-14)7-9-19-10-8-18;;/h14,19H,2-13H2,1H3,(H,20,21);2*1H. The predicted octanol–water partition coefficient (Wildman–Crippen LogP) is 2.87. The lowest BCUT2D eigenvalue weighted by Crippen LogP contribution is -2.52. The van der Waals surface area contributed by atoms with Gasteiger partial charge < -0.3 is 10.1 Å². The van der Waals surface area contributed by atoms with Crippen LogP contribution in [0.5, 0.6) is 0 Å². The van der Waals surface area contributed by atoms with Crippen molar-refractivity contribution in [2.75, 3.05) is 26.7 Å². The molecule has 0 saturated carbocycles. The minimum absolute atomic E-state index is 0. The first kappa shape index (κ1) is 21.0. The zero-order valence-corrected chi connectivity index (χ0v) is 16.8. The summed E-state index contributed by atoms with van der Waals surface area (Å²) in [4.78, 5) is 2.53. The first-order chi connectivity index (χ1) is 11.3. The van der Waals surface area contributed by atoms with Crippen LogP contribution in [0.1, 0.15) is 55.5 Å². The average Bonchev–Trinajstić information content (AvgIpc) is 2.99. The topological polar surface area (TPSA) is 53.2 Å². The summed E-state index contributed by atoms with van der Waals surface area (Å²) >= 11 is 0. The molecule has 25 heavy (non-hydrogen) atoms. The Morgan fingerprint density at radius 1 is 1.20 bits per heavy atom. The number of nitrogens with one attached hydrogen (secondary N) is 2. The monoisotopic (exact) mass is 390 g/mol. The van der Waals surface area contributed by atoms with E-state index in [1.165, 1.54) is 49.1 Å². The number of aryl methyl sites for hydroxylation is 1. The maximum Gasteiger partial charge on any atom is 0.0797 e. The van der Waals surface area contributed by atoms with E-state index in [0.29, 0.717) is 6.04 Å². The van der Waals surface area contributed by atoms with Gasteiger partial charge in [0, 0.05) is 24.9 Å². The number of fused-ring (bicyclic) bond motifs is 1. The van der Waals surface area contributed by atoms with Crippen molar-refractivity contribution in [1.29, 1.82) is 0 Å². The molecule has 2 saturated heterocycles. The average molecular weight is 391 g/mol. The molecule has 1 unspecified atom stereocenters. The highest BCUT2D eigenvalue weighted by atomic mass is 35.5. The van der Waals surface area contributed by atoms with Crippen LogP contribution < -0.4 is 5.32 Å². The Labute approximate surface area is 163 Å². The van der Waals surface area contributed by atoms with E-state index in [1.807, 2.05) is 0 Å². The molecule has 4 rings (SSSR count). The molecule has 0 aromatic carbocycles. The van der Waals surface area contributed by atoms with Crippen LogP contribution in [0.15, 0.2) is 0 Å². The third-order valence-corrected chi connectivity index (χ3v) is 6.15. The van der Waals surface area contributed by atoms with Gasteiger partial charge in [-0.3, -0.25) is 10.00 Å². The van der Waals surface area contributed by atoms with E-state index in [4.69, 9.17) is 4.74 Å². The molecular formula is C18H32Cl2N4O. The van der Waals surface area contributed by atoms with E-state index in [2.05, 4.69) is 27.5 Å². The van der Waals surface area contributed by atoms with Crippen LogP contribution in [0.25, 0.3) is 0 Å². The molecule has 0 amide bonds. The fraction of sp³-hybridized carbons (Fsp3) is 0.833.